The third-order valence-corrected chi connectivity index (χ3v) is 3.76. The molecule has 82 valence electrons. The summed E-state index contributed by atoms with van der Waals surface area (Å²) in [5, 5.41) is 0. The number of hydrogen-bond donors (Lipinski definition) is 0. The van der Waals surface area contributed by atoms with Crippen molar-refractivity contribution in [3.63, 3.8) is 0 Å². The zero-order valence-electron chi connectivity index (χ0n) is 7.72. The Morgan fingerprint density at radius 2 is 1.19 bits per heavy atom. The Bertz CT molecular complexity index is 456. The van der Waals surface area contributed by atoms with E-state index in [0.29, 0.717) is 7.14 Å². The predicted octanol–water partition coefficient (Wildman–Crippen LogP) is 3.63. The van der Waals surface area contributed by atoms with Crippen LogP contribution in [0, 0.1) is 19.0 Å². The van der Waals surface area contributed by atoms with Gasteiger partial charge in [-0.15, -0.1) is 0 Å². The lowest BCUT2D eigenvalue weighted by atomic mass is 10.1. The van der Waals surface area contributed by atoms with Crippen molar-refractivity contribution in [3.8, 4) is 11.1 Å². The van der Waals surface area contributed by atoms with Gasteiger partial charge >= 0.3 is 0 Å². The average Bonchev–Trinajstić information content (AvgIpc) is 2.21. The first-order chi connectivity index (χ1) is 7.61. The number of pyridine rings is 2. The van der Waals surface area contributed by atoms with Gasteiger partial charge in [0, 0.05) is 19.5 Å². The molecule has 0 spiro atoms. The maximum Gasteiger partial charge on any atom is 0.221 e. The number of rotatable bonds is 1. The second-order valence-corrected chi connectivity index (χ2v) is 5.24. The zero-order chi connectivity index (χ0) is 11.7. The number of aromatic nitrogens is 2. The normalized spacial score (nSPS) is 10.5. The monoisotopic (exact) mass is 444 g/mol. The van der Waals surface area contributed by atoms with Crippen LogP contribution in [-0.4, -0.2) is 9.97 Å². The maximum atomic E-state index is 13.6. The van der Waals surface area contributed by atoms with Crippen LogP contribution in [0.3, 0.4) is 0 Å². The molecule has 0 aliphatic carbocycles. The molecule has 0 fully saturated rings. The highest BCUT2D eigenvalue weighted by atomic mass is 127. The topological polar surface area (TPSA) is 25.8 Å². The Morgan fingerprint density at radius 3 is 1.50 bits per heavy atom. The summed E-state index contributed by atoms with van der Waals surface area (Å²) in [6.07, 6.45) is 2.70. The van der Waals surface area contributed by atoms with Crippen LogP contribution in [0.5, 0.6) is 0 Å². The maximum absolute atomic E-state index is 13.6. The molecule has 0 saturated heterocycles. The van der Waals surface area contributed by atoms with E-state index >= 15 is 0 Å². The quantitative estimate of drug-likeness (QED) is 0.497. The van der Waals surface area contributed by atoms with Crippen LogP contribution in [0.2, 0.25) is 0 Å². The third kappa shape index (κ3) is 2.17. The van der Waals surface area contributed by atoms with Crippen molar-refractivity contribution in [1.82, 2.24) is 9.97 Å². The van der Waals surface area contributed by atoms with Crippen molar-refractivity contribution >= 4 is 45.2 Å². The minimum atomic E-state index is -0.684. The molecule has 0 amide bonds. The first-order valence-corrected chi connectivity index (χ1v) is 6.37. The molecule has 0 atom stereocenters. The molecule has 0 aromatic carbocycles. The van der Waals surface area contributed by atoms with Gasteiger partial charge in [0.05, 0.1) is 11.1 Å². The Labute approximate surface area is 118 Å². The van der Waals surface area contributed by atoms with E-state index in [4.69, 9.17) is 0 Å². The standard InChI is InChI=1S/C10H4F2I2N2/c11-9-7(5(13)1-3-15-9)8-6(14)2-4-16-10(8)12/h1-4H. The van der Waals surface area contributed by atoms with Crippen LogP contribution in [0.1, 0.15) is 0 Å². The summed E-state index contributed by atoms with van der Waals surface area (Å²) < 4.78 is 28.4. The lowest BCUT2D eigenvalue weighted by Crippen LogP contribution is -1.98. The largest absolute Gasteiger partial charge is 0.228 e. The van der Waals surface area contributed by atoms with Gasteiger partial charge < -0.3 is 0 Å². The molecule has 2 heterocycles. The Hall–Kier alpha value is -0.380. The van der Waals surface area contributed by atoms with Gasteiger partial charge in [-0.25, -0.2) is 9.97 Å². The summed E-state index contributed by atoms with van der Waals surface area (Å²) >= 11 is 3.89. The van der Waals surface area contributed by atoms with Crippen LogP contribution in [-0.2, 0) is 0 Å². The molecule has 6 heteroatoms. The van der Waals surface area contributed by atoms with Crippen molar-refractivity contribution < 1.29 is 8.78 Å². The van der Waals surface area contributed by atoms with Gasteiger partial charge in [-0.05, 0) is 57.3 Å². The summed E-state index contributed by atoms with van der Waals surface area (Å²) in [5.41, 5.74) is 0.330. The molecule has 2 nitrogen and oxygen atoms in total. The molecule has 2 aromatic heterocycles. The van der Waals surface area contributed by atoms with Crippen molar-refractivity contribution in [3.05, 3.63) is 43.6 Å². The van der Waals surface area contributed by atoms with Crippen molar-refractivity contribution in [2.75, 3.05) is 0 Å². The van der Waals surface area contributed by atoms with E-state index in [2.05, 4.69) is 9.97 Å². The molecular weight excluding hydrogens is 440 g/mol. The summed E-state index contributed by atoms with van der Waals surface area (Å²) in [4.78, 5) is 7.06. The molecule has 0 unspecified atom stereocenters. The van der Waals surface area contributed by atoms with Gasteiger partial charge in [0.2, 0.25) is 11.9 Å². The van der Waals surface area contributed by atoms with E-state index in [0.717, 1.165) is 0 Å². The predicted molar refractivity (Wildman–Crippen MR) is 72.8 cm³/mol. The fourth-order valence-electron chi connectivity index (χ4n) is 1.27. The average molecular weight is 444 g/mol. The van der Waals surface area contributed by atoms with E-state index in [1.807, 2.05) is 45.2 Å². The first-order valence-electron chi connectivity index (χ1n) is 4.21. The number of hydrogen-bond acceptors (Lipinski definition) is 2. The SMILES string of the molecule is Fc1nccc(I)c1-c1c(I)ccnc1F. The smallest absolute Gasteiger partial charge is 0.221 e. The van der Waals surface area contributed by atoms with Gasteiger partial charge in [0.25, 0.3) is 0 Å². The van der Waals surface area contributed by atoms with Crippen molar-refractivity contribution in [2.45, 2.75) is 0 Å². The Morgan fingerprint density at radius 1 is 0.812 bits per heavy atom. The number of nitrogens with zero attached hydrogens (tertiary/aromatic N) is 2. The van der Waals surface area contributed by atoms with Crippen LogP contribution in [0.4, 0.5) is 8.78 Å². The minimum absolute atomic E-state index is 0.165. The molecule has 0 aliphatic rings. The van der Waals surface area contributed by atoms with Gasteiger partial charge in [0.15, 0.2) is 0 Å². The van der Waals surface area contributed by atoms with Gasteiger partial charge in [0.1, 0.15) is 0 Å². The summed E-state index contributed by atoms with van der Waals surface area (Å²) in [6.45, 7) is 0. The highest BCUT2D eigenvalue weighted by molar-refractivity contribution is 14.1. The van der Waals surface area contributed by atoms with Crippen LogP contribution in [0.15, 0.2) is 24.5 Å². The fraction of sp³-hybridized carbons (Fsp3) is 0. The highest BCUT2D eigenvalue weighted by Gasteiger charge is 2.18. The van der Waals surface area contributed by atoms with Crippen LogP contribution in [0.25, 0.3) is 11.1 Å². The fourth-order valence-corrected chi connectivity index (χ4v) is 2.58. The van der Waals surface area contributed by atoms with Gasteiger partial charge in [-0.2, -0.15) is 8.78 Å². The van der Waals surface area contributed by atoms with E-state index < -0.39 is 11.9 Å². The summed E-state index contributed by atoms with van der Waals surface area (Å²) in [7, 11) is 0. The Kier molecular flexibility index (Phi) is 3.67. The summed E-state index contributed by atoms with van der Waals surface area (Å²) in [6, 6.07) is 3.25. The van der Waals surface area contributed by atoms with E-state index in [-0.39, 0.29) is 11.1 Å². The highest BCUT2D eigenvalue weighted by Crippen LogP contribution is 2.31. The zero-order valence-corrected chi connectivity index (χ0v) is 12.0. The second-order valence-electron chi connectivity index (χ2n) is 2.92. The van der Waals surface area contributed by atoms with Crippen LogP contribution < -0.4 is 0 Å². The molecule has 0 radical (unpaired) electrons. The molecule has 2 aromatic rings. The summed E-state index contributed by atoms with van der Waals surface area (Å²) in [5.74, 6) is -1.37. The van der Waals surface area contributed by atoms with Crippen molar-refractivity contribution in [2.24, 2.45) is 0 Å². The van der Waals surface area contributed by atoms with E-state index in [1.54, 1.807) is 12.1 Å². The van der Waals surface area contributed by atoms with E-state index in [1.165, 1.54) is 12.4 Å². The van der Waals surface area contributed by atoms with E-state index in [9.17, 15) is 8.78 Å². The van der Waals surface area contributed by atoms with Crippen molar-refractivity contribution in [1.29, 1.82) is 0 Å². The molecule has 0 saturated carbocycles. The second kappa shape index (κ2) is 4.86. The lowest BCUT2D eigenvalue weighted by molar-refractivity contribution is 0.570. The lowest BCUT2D eigenvalue weighted by Gasteiger charge is -2.07. The first kappa shape index (κ1) is 12.1. The van der Waals surface area contributed by atoms with Gasteiger partial charge in [-0.1, -0.05) is 0 Å². The third-order valence-electron chi connectivity index (χ3n) is 1.96. The molecular formula is C10H4F2I2N2. The van der Waals surface area contributed by atoms with Crippen LogP contribution >= 0.6 is 45.2 Å². The molecule has 0 bridgehead atoms. The molecule has 2 rings (SSSR count). The number of halogens is 4. The molecule has 16 heavy (non-hydrogen) atoms. The molecule has 0 aliphatic heterocycles. The Balaban J connectivity index is 2.77. The molecule has 0 N–H and O–H groups in total. The van der Waals surface area contributed by atoms with Gasteiger partial charge in [-0.3, -0.25) is 0 Å². The minimum Gasteiger partial charge on any atom is -0.228 e.